The molecule has 0 aromatic heterocycles. The van der Waals surface area contributed by atoms with Gasteiger partial charge in [-0.3, -0.25) is 5.32 Å². The summed E-state index contributed by atoms with van der Waals surface area (Å²) in [6, 6.07) is 21.3. The van der Waals surface area contributed by atoms with Crippen molar-refractivity contribution in [3.8, 4) is 0 Å². The summed E-state index contributed by atoms with van der Waals surface area (Å²) in [5.41, 5.74) is 2.14. The van der Waals surface area contributed by atoms with Gasteiger partial charge in [0.1, 0.15) is 5.72 Å². The highest BCUT2D eigenvalue weighted by atomic mass is 16.5. The second-order valence-electron chi connectivity index (χ2n) is 7.83. The van der Waals surface area contributed by atoms with Crippen LogP contribution in [0.3, 0.4) is 0 Å². The van der Waals surface area contributed by atoms with Gasteiger partial charge in [0.2, 0.25) is 0 Å². The van der Waals surface area contributed by atoms with Crippen LogP contribution in [0.25, 0.3) is 0 Å². The first-order valence-electron chi connectivity index (χ1n) is 8.98. The molecule has 24 heavy (non-hydrogen) atoms. The molecule has 0 spiro atoms. The largest absolute Gasteiger partial charge is 0.353 e. The van der Waals surface area contributed by atoms with Crippen LogP contribution in [0, 0.1) is 5.92 Å². The molecule has 128 valence electrons. The zero-order chi connectivity index (χ0) is 17.2. The van der Waals surface area contributed by atoms with Crippen LogP contribution in [0.2, 0.25) is 0 Å². The molecule has 3 unspecified atom stereocenters. The Balaban J connectivity index is 1.99. The smallest absolute Gasteiger partial charge is 0.148 e. The highest BCUT2D eigenvalue weighted by Crippen LogP contribution is 2.41. The maximum Gasteiger partial charge on any atom is 0.148 e. The minimum absolute atomic E-state index is 0.0401. The van der Waals surface area contributed by atoms with E-state index >= 15 is 0 Å². The van der Waals surface area contributed by atoms with Crippen molar-refractivity contribution in [1.82, 2.24) is 5.32 Å². The van der Waals surface area contributed by atoms with Gasteiger partial charge in [-0.15, -0.1) is 0 Å². The van der Waals surface area contributed by atoms with E-state index in [2.05, 4.69) is 93.7 Å². The molecule has 0 amide bonds. The summed E-state index contributed by atoms with van der Waals surface area (Å²) in [5.74, 6) is 0.310. The molecule has 2 nitrogen and oxygen atoms in total. The van der Waals surface area contributed by atoms with Gasteiger partial charge < -0.3 is 4.74 Å². The Morgan fingerprint density at radius 2 is 1.62 bits per heavy atom. The molecule has 3 atom stereocenters. The van der Waals surface area contributed by atoms with E-state index < -0.39 is 5.72 Å². The van der Waals surface area contributed by atoms with Crippen LogP contribution >= 0.6 is 0 Å². The third-order valence-electron chi connectivity index (χ3n) is 4.99. The van der Waals surface area contributed by atoms with Crippen LogP contribution in [0.4, 0.5) is 0 Å². The van der Waals surface area contributed by atoms with Crippen LogP contribution in [-0.2, 0) is 16.9 Å². The van der Waals surface area contributed by atoms with Crippen molar-refractivity contribution in [2.75, 3.05) is 0 Å². The molecule has 1 aliphatic heterocycles. The highest BCUT2D eigenvalue weighted by molar-refractivity contribution is 5.26. The van der Waals surface area contributed by atoms with Crippen molar-refractivity contribution in [2.45, 2.75) is 57.9 Å². The fourth-order valence-electron chi connectivity index (χ4n) is 4.12. The summed E-state index contributed by atoms with van der Waals surface area (Å²) in [7, 11) is 0. The summed E-state index contributed by atoms with van der Waals surface area (Å²) in [4.78, 5) is 0. The summed E-state index contributed by atoms with van der Waals surface area (Å²) >= 11 is 0. The number of rotatable bonds is 4. The highest BCUT2D eigenvalue weighted by Gasteiger charge is 2.47. The van der Waals surface area contributed by atoms with E-state index in [1.165, 1.54) is 11.1 Å². The van der Waals surface area contributed by atoms with Gasteiger partial charge in [0.25, 0.3) is 0 Å². The van der Waals surface area contributed by atoms with Crippen LogP contribution in [-0.4, -0.2) is 11.6 Å². The number of benzene rings is 2. The van der Waals surface area contributed by atoms with Gasteiger partial charge in [0.05, 0.1) is 6.10 Å². The van der Waals surface area contributed by atoms with Crippen LogP contribution in [0.15, 0.2) is 60.7 Å². The third kappa shape index (κ3) is 3.55. The monoisotopic (exact) mass is 323 g/mol. The fraction of sp³-hybridized carbons (Fsp3) is 0.455. The number of ether oxygens (including phenoxy) is 1. The second kappa shape index (κ2) is 6.70. The van der Waals surface area contributed by atoms with E-state index in [0.717, 1.165) is 12.8 Å². The quantitative estimate of drug-likeness (QED) is 0.864. The molecular weight excluding hydrogens is 294 g/mol. The molecule has 1 aliphatic rings. The summed E-state index contributed by atoms with van der Waals surface area (Å²) in [6.45, 7) is 9.04. The predicted octanol–water partition coefficient (Wildman–Crippen LogP) is 4.90. The maximum atomic E-state index is 6.62. The fourth-order valence-corrected chi connectivity index (χ4v) is 4.12. The molecule has 2 aromatic rings. The number of nitrogens with one attached hydrogen (secondary N) is 1. The normalized spacial score (nSPS) is 27.6. The lowest BCUT2D eigenvalue weighted by molar-refractivity contribution is -0.198. The van der Waals surface area contributed by atoms with Crippen LogP contribution in [0.1, 0.15) is 45.2 Å². The minimum Gasteiger partial charge on any atom is -0.353 e. The third-order valence-corrected chi connectivity index (χ3v) is 4.99. The first-order chi connectivity index (χ1) is 11.4. The Kier molecular flexibility index (Phi) is 4.80. The predicted molar refractivity (Wildman–Crippen MR) is 99.8 cm³/mol. The molecule has 0 saturated carbocycles. The van der Waals surface area contributed by atoms with Gasteiger partial charge >= 0.3 is 0 Å². The summed E-state index contributed by atoms with van der Waals surface area (Å²) in [5, 5.41) is 3.85. The second-order valence-corrected chi connectivity index (χ2v) is 7.83. The SMILES string of the molecule is CC1CC(C)(C)NC(c2ccccc2)(C(C)Cc2ccccc2)O1. The Hall–Kier alpha value is -1.64. The van der Waals surface area contributed by atoms with E-state index in [4.69, 9.17) is 4.74 Å². The van der Waals surface area contributed by atoms with E-state index in [9.17, 15) is 0 Å². The average molecular weight is 323 g/mol. The van der Waals surface area contributed by atoms with Crippen molar-refractivity contribution in [2.24, 2.45) is 5.92 Å². The number of hydrogen-bond acceptors (Lipinski definition) is 2. The molecule has 1 fully saturated rings. The molecule has 1 saturated heterocycles. The summed E-state index contributed by atoms with van der Waals surface area (Å²) in [6.07, 6.45) is 2.21. The van der Waals surface area contributed by atoms with Gasteiger partial charge in [0, 0.05) is 11.5 Å². The topological polar surface area (TPSA) is 21.3 Å². The molecule has 2 heteroatoms. The van der Waals surface area contributed by atoms with E-state index in [1.54, 1.807) is 0 Å². The van der Waals surface area contributed by atoms with Gasteiger partial charge in [-0.05, 0) is 44.7 Å². The van der Waals surface area contributed by atoms with Crippen molar-refractivity contribution in [3.63, 3.8) is 0 Å². The molecule has 1 N–H and O–H groups in total. The lowest BCUT2D eigenvalue weighted by Gasteiger charge is -2.52. The Morgan fingerprint density at radius 3 is 2.21 bits per heavy atom. The maximum absolute atomic E-state index is 6.62. The molecular formula is C22H29NO. The van der Waals surface area contributed by atoms with Crippen molar-refractivity contribution in [1.29, 1.82) is 0 Å². The standard InChI is InChI=1S/C22H29NO/c1-17(15-19-11-7-5-8-12-19)22(20-13-9-6-10-14-20)23-21(3,4)16-18(2)24-22/h5-14,17-18,23H,15-16H2,1-4H3. The first kappa shape index (κ1) is 17.2. The lowest BCUT2D eigenvalue weighted by atomic mass is 9.80. The van der Waals surface area contributed by atoms with Crippen molar-refractivity contribution >= 4 is 0 Å². The molecule has 1 heterocycles. The number of hydrogen-bond donors (Lipinski definition) is 1. The van der Waals surface area contributed by atoms with Gasteiger partial charge in [-0.1, -0.05) is 67.6 Å². The Bertz CT molecular complexity index is 652. The molecule has 2 aromatic carbocycles. The molecule has 0 bridgehead atoms. The zero-order valence-electron chi connectivity index (χ0n) is 15.3. The van der Waals surface area contributed by atoms with E-state index in [1.807, 2.05) is 0 Å². The zero-order valence-corrected chi connectivity index (χ0v) is 15.3. The lowest BCUT2D eigenvalue weighted by Crippen LogP contribution is -2.64. The van der Waals surface area contributed by atoms with Gasteiger partial charge in [-0.2, -0.15) is 0 Å². The Labute approximate surface area is 146 Å². The summed E-state index contributed by atoms with van der Waals surface area (Å²) < 4.78 is 6.62. The van der Waals surface area contributed by atoms with Crippen molar-refractivity contribution < 1.29 is 4.74 Å². The van der Waals surface area contributed by atoms with Crippen molar-refractivity contribution in [3.05, 3.63) is 71.8 Å². The van der Waals surface area contributed by atoms with Crippen LogP contribution in [0.5, 0.6) is 0 Å². The average Bonchev–Trinajstić information content (AvgIpc) is 2.54. The van der Waals surface area contributed by atoms with Gasteiger partial charge in [0.15, 0.2) is 0 Å². The van der Waals surface area contributed by atoms with E-state index in [-0.39, 0.29) is 11.6 Å². The van der Waals surface area contributed by atoms with Gasteiger partial charge in [-0.25, -0.2) is 0 Å². The molecule has 0 aliphatic carbocycles. The molecule has 3 rings (SSSR count). The Morgan fingerprint density at radius 1 is 1.04 bits per heavy atom. The molecule has 0 radical (unpaired) electrons. The minimum atomic E-state index is -0.460. The van der Waals surface area contributed by atoms with Crippen LogP contribution < -0.4 is 5.32 Å². The van der Waals surface area contributed by atoms with E-state index in [0.29, 0.717) is 5.92 Å². The first-order valence-corrected chi connectivity index (χ1v) is 8.98.